The van der Waals surface area contributed by atoms with Gasteiger partial charge < -0.3 is 24.1 Å². The first-order chi connectivity index (χ1) is 13.2. The Morgan fingerprint density at radius 2 is 1.52 bits per heavy atom. The molecule has 5 nitrogen and oxygen atoms in total. The maximum Gasteiger partial charge on any atom is 0.511 e. The smallest absolute Gasteiger partial charge is 0.490 e. The van der Waals surface area contributed by atoms with Gasteiger partial charge in [-0.1, -0.05) is 42.5 Å². The van der Waals surface area contributed by atoms with Crippen LogP contribution in [0, 0.1) is 0 Å². The summed E-state index contributed by atoms with van der Waals surface area (Å²) in [6.45, 7) is 0.872. The van der Waals surface area contributed by atoms with E-state index in [0.29, 0.717) is 19.6 Å². The second-order valence-electron chi connectivity index (χ2n) is 6.14. The lowest BCUT2D eigenvalue weighted by Gasteiger charge is -2.10. The van der Waals surface area contributed by atoms with Crippen LogP contribution in [0.25, 0.3) is 10.8 Å². The highest BCUT2D eigenvalue weighted by Crippen LogP contribution is 2.20. The lowest BCUT2D eigenvalue weighted by Crippen LogP contribution is -2.25. The normalized spacial score (nSPS) is 11.9. The second kappa shape index (κ2) is 9.05. The number of aliphatic carboxylic acids is 1. The zero-order valence-electron chi connectivity index (χ0n) is 15.2. The zero-order valence-corrected chi connectivity index (χ0v) is 15.2. The van der Waals surface area contributed by atoms with E-state index in [1.54, 1.807) is 0 Å². The second-order valence-corrected chi connectivity index (χ2v) is 6.14. The monoisotopic (exact) mass is 367 g/mol. The number of carboxylic acids is 1. The van der Waals surface area contributed by atoms with Crippen LogP contribution in [0.15, 0.2) is 66.7 Å². The van der Waals surface area contributed by atoms with Crippen molar-refractivity contribution in [3.05, 3.63) is 72.3 Å². The lowest BCUT2D eigenvalue weighted by molar-refractivity contribution is 0.129. The third-order valence-electron chi connectivity index (χ3n) is 4.26. The molecule has 0 bridgehead atoms. The van der Waals surface area contributed by atoms with Crippen molar-refractivity contribution < 1.29 is 24.1 Å². The SMILES string of the molecule is CO[C@@H](Cc1ccc(OCCOc2ccc3ccccc3c2)cc1)C(O)=[OH+]. The number of hydrogen-bond acceptors (Lipinski definition) is 3. The van der Waals surface area contributed by atoms with Crippen LogP contribution in [0.4, 0.5) is 0 Å². The minimum Gasteiger partial charge on any atom is -0.490 e. The molecule has 3 aromatic carbocycles. The van der Waals surface area contributed by atoms with E-state index in [9.17, 15) is 0 Å². The number of hydrogen-bond donors (Lipinski definition) is 1. The van der Waals surface area contributed by atoms with E-state index in [-0.39, 0.29) is 0 Å². The quantitative estimate of drug-likeness (QED) is 0.460. The summed E-state index contributed by atoms with van der Waals surface area (Å²) < 4.78 is 16.5. The average molecular weight is 367 g/mol. The number of rotatable bonds is 9. The first kappa shape index (κ1) is 18.7. The summed E-state index contributed by atoms with van der Waals surface area (Å²) in [4.78, 5) is 9.13. The number of aliphatic hydroxyl groups excluding tert-OH is 1. The predicted molar refractivity (Wildman–Crippen MR) is 105 cm³/mol. The Bertz CT molecular complexity index is 889. The maximum atomic E-state index is 9.13. The topological polar surface area (TPSA) is 69.3 Å². The van der Waals surface area contributed by atoms with Crippen LogP contribution in [0.3, 0.4) is 0 Å². The van der Waals surface area contributed by atoms with Crippen LogP contribution in [0.1, 0.15) is 5.56 Å². The van der Waals surface area contributed by atoms with E-state index in [1.807, 2.05) is 54.6 Å². The molecule has 0 heterocycles. The van der Waals surface area contributed by atoms with Gasteiger partial charge in [0, 0.05) is 13.5 Å². The molecule has 0 aromatic heterocycles. The number of fused-ring (bicyclic) bond motifs is 1. The molecule has 5 heteroatoms. The highest BCUT2D eigenvalue weighted by Gasteiger charge is 2.23. The Morgan fingerprint density at radius 3 is 2.19 bits per heavy atom. The predicted octanol–water partition coefficient (Wildman–Crippen LogP) is 3.92. The van der Waals surface area contributed by atoms with Gasteiger partial charge in [0.05, 0.1) is 0 Å². The van der Waals surface area contributed by atoms with Gasteiger partial charge in [-0.05, 0) is 40.6 Å². The van der Waals surface area contributed by atoms with Crippen molar-refractivity contribution in [2.75, 3.05) is 20.3 Å². The first-order valence-corrected chi connectivity index (χ1v) is 8.76. The van der Waals surface area contributed by atoms with Crippen molar-refractivity contribution >= 4 is 16.7 Å². The van der Waals surface area contributed by atoms with Crippen LogP contribution in [0.5, 0.6) is 11.5 Å². The Kier molecular flexibility index (Phi) is 6.28. The summed E-state index contributed by atoms with van der Waals surface area (Å²) in [6, 6.07) is 21.6. The summed E-state index contributed by atoms with van der Waals surface area (Å²) in [6.07, 6.45) is -0.350. The third-order valence-corrected chi connectivity index (χ3v) is 4.26. The summed E-state index contributed by atoms with van der Waals surface area (Å²) in [7, 11) is 1.43. The van der Waals surface area contributed by atoms with Crippen molar-refractivity contribution in [2.45, 2.75) is 12.5 Å². The van der Waals surface area contributed by atoms with Gasteiger partial charge in [-0.2, -0.15) is 0 Å². The molecule has 0 fully saturated rings. The van der Waals surface area contributed by atoms with Gasteiger partial charge in [0.1, 0.15) is 24.7 Å². The molecule has 0 saturated carbocycles. The standard InChI is InChI=1S/C22H22O5/c1-25-21(22(23)24)14-16-6-9-19(10-7-16)26-12-13-27-20-11-8-17-4-2-3-5-18(17)15-20/h2-11,15,21H,12-14H2,1H3,(H,23,24)/p+1/t21-/m0/s1. The van der Waals surface area contributed by atoms with Crippen LogP contribution in [0.2, 0.25) is 0 Å². The van der Waals surface area contributed by atoms with Crippen LogP contribution < -0.4 is 9.47 Å². The van der Waals surface area contributed by atoms with E-state index in [1.165, 1.54) is 12.5 Å². The van der Waals surface area contributed by atoms with Crippen LogP contribution in [-0.2, 0) is 11.2 Å². The minimum absolute atomic E-state index is 0.379. The summed E-state index contributed by atoms with van der Waals surface area (Å²) in [5.41, 5.74) is 0.919. The molecule has 0 spiro atoms. The molecule has 0 aliphatic heterocycles. The molecule has 1 atom stereocenters. The summed E-state index contributed by atoms with van der Waals surface area (Å²) in [5.74, 6) is 0.828. The van der Waals surface area contributed by atoms with Gasteiger partial charge in [-0.25, -0.2) is 0 Å². The van der Waals surface area contributed by atoms with E-state index in [4.69, 9.17) is 24.1 Å². The zero-order chi connectivity index (χ0) is 19.1. The molecule has 0 aliphatic carbocycles. The average Bonchev–Trinajstić information content (AvgIpc) is 2.70. The van der Waals surface area contributed by atoms with E-state index < -0.39 is 12.1 Å². The Morgan fingerprint density at radius 1 is 0.889 bits per heavy atom. The fourth-order valence-corrected chi connectivity index (χ4v) is 2.79. The molecule has 0 radical (unpaired) electrons. The maximum absolute atomic E-state index is 9.13. The molecular formula is C22H23O5+. The third kappa shape index (κ3) is 5.21. The highest BCUT2D eigenvalue weighted by molar-refractivity contribution is 5.83. The lowest BCUT2D eigenvalue weighted by atomic mass is 10.1. The largest absolute Gasteiger partial charge is 0.511 e. The summed E-state index contributed by atoms with van der Waals surface area (Å²) in [5, 5.41) is 11.5. The minimum atomic E-state index is -0.730. The fraction of sp³-hybridized carbons (Fsp3) is 0.227. The van der Waals surface area contributed by atoms with Gasteiger partial charge >= 0.3 is 5.97 Å². The van der Waals surface area contributed by atoms with Crippen molar-refractivity contribution in [1.82, 2.24) is 0 Å². The first-order valence-electron chi connectivity index (χ1n) is 8.76. The van der Waals surface area contributed by atoms with Crippen molar-refractivity contribution in [1.29, 1.82) is 0 Å². The van der Waals surface area contributed by atoms with E-state index in [0.717, 1.165) is 22.4 Å². The number of methoxy groups -OCH3 is 1. The van der Waals surface area contributed by atoms with Gasteiger partial charge in [-0.3, -0.25) is 0 Å². The Balaban J connectivity index is 1.46. The van der Waals surface area contributed by atoms with Crippen molar-refractivity contribution in [2.24, 2.45) is 0 Å². The van der Waals surface area contributed by atoms with Gasteiger partial charge in [0.25, 0.3) is 0 Å². The van der Waals surface area contributed by atoms with E-state index in [2.05, 4.69) is 12.1 Å². The molecule has 0 amide bonds. The van der Waals surface area contributed by atoms with Crippen LogP contribution in [-0.4, -0.2) is 42.3 Å². The molecule has 140 valence electrons. The summed E-state index contributed by atoms with van der Waals surface area (Å²) >= 11 is 0. The molecule has 27 heavy (non-hydrogen) atoms. The molecule has 0 aliphatic rings. The van der Waals surface area contributed by atoms with Gasteiger partial charge in [-0.15, -0.1) is 0 Å². The molecule has 3 rings (SSSR count). The van der Waals surface area contributed by atoms with Crippen molar-refractivity contribution in [3.63, 3.8) is 0 Å². The molecule has 0 unspecified atom stereocenters. The fourth-order valence-electron chi connectivity index (χ4n) is 2.79. The Hall–Kier alpha value is -3.05. The number of benzene rings is 3. The van der Waals surface area contributed by atoms with Gasteiger partial charge in [0.2, 0.25) is 6.10 Å². The molecular weight excluding hydrogens is 344 g/mol. The number of ether oxygens (including phenoxy) is 3. The van der Waals surface area contributed by atoms with E-state index >= 15 is 0 Å². The number of carboxylic acid groups (broad SMARTS) is 1. The molecule has 3 aromatic rings. The van der Waals surface area contributed by atoms with Crippen molar-refractivity contribution in [3.8, 4) is 11.5 Å². The highest BCUT2D eigenvalue weighted by atomic mass is 16.5. The van der Waals surface area contributed by atoms with Crippen LogP contribution >= 0.6 is 0 Å². The molecule has 2 N–H and O–H groups in total. The Labute approximate surface area is 158 Å². The van der Waals surface area contributed by atoms with Gasteiger partial charge in [0.15, 0.2) is 0 Å². The molecule has 0 saturated heterocycles.